The molecular formula is C23H28BrFN2O2S. The second-order valence-electron chi connectivity index (χ2n) is 8.19. The number of hydrogen-bond acceptors (Lipinski definition) is 3. The molecule has 2 aromatic carbocycles. The molecule has 0 aromatic heterocycles. The molecule has 0 heterocycles. The lowest BCUT2D eigenvalue weighted by atomic mass is 10.1. The van der Waals surface area contributed by atoms with Gasteiger partial charge in [0, 0.05) is 22.3 Å². The molecule has 4 nitrogen and oxygen atoms in total. The molecule has 0 unspecified atom stereocenters. The number of carbonyl (C=O) groups is 2. The van der Waals surface area contributed by atoms with Crippen LogP contribution in [0.2, 0.25) is 0 Å². The van der Waals surface area contributed by atoms with Crippen LogP contribution in [0.3, 0.4) is 0 Å². The Labute approximate surface area is 190 Å². The van der Waals surface area contributed by atoms with Crippen molar-refractivity contribution in [1.82, 2.24) is 10.2 Å². The first kappa shape index (κ1) is 24.4. The minimum Gasteiger partial charge on any atom is -0.350 e. The third-order valence-electron chi connectivity index (χ3n) is 4.31. The van der Waals surface area contributed by atoms with Crippen LogP contribution in [0.1, 0.15) is 38.8 Å². The van der Waals surface area contributed by atoms with Gasteiger partial charge in [0.2, 0.25) is 11.8 Å². The highest BCUT2D eigenvalue weighted by Crippen LogP contribution is 2.18. The van der Waals surface area contributed by atoms with Crippen molar-refractivity contribution < 1.29 is 14.0 Å². The van der Waals surface area contributed by atoms with Gasteiger partial charge in [-0.3, -0.25) is 9.59 Å². The minimum atomic E-state index is -0.609. The van der Waals surface area contributed by atoms with Crippen LogP contribution in [0.5, 0.6) is 0 Å². The standard InChI is InChI=1S/C23H28BrFN2O2S/c1-16(22(29)26-23(2,3)4)27(13-18-6-5-7-19(24)12-18)21(28)15-30-14-17-8-10-20(25)11-9-17/h5-12,16H,13-15H2,1-4H3,(H,26,29)/t16-/m0/s1. The van der Waals surface area contributed by atoms with Crippen LogP contribution in [0.4, 0.5) is 4.39 Å². The zero-order valence-corrected chi connectivity index (χ0v) is 20.1. The molecule has 2 rings (SSSR count). The number of amides is 2. The summed E-state index contributed by atoms with van der Waals surface area (Å²) in [7, 11) is 0. The van der Waals surface area contributed by atoms with Gasteiger partial charge in [0.25, 0.3) is 0 Å². The number of thioether (sulfide) groups is 1. The highest BCUT2D eigenvalue weighted by molar-refractivity contribution is 9.10. The average Bonchev–Trinajstić information content (AvgIpc) is 2.65. The predicted molar refractivity (Wildman–Crippen MR) is 125 cm³/mol. The summed E-state index contributed by atoms with van der Waals surface area (Å²) in [5, 5.41) is 2.95. The van der Waals surface area contributed by atoms with Crippen molar-refractivity contribution in [3.05, 3.63) is 69.9 Å². The van der Waals surface area contributed by atoms with E-state index in [4.69, 9.17) is 0 Å². The summed E-state index contributed by atoms with van der Waals surface area (Å²) < 4.78 is 14.0. The molecule has 1 atom stereocenters. The third-order valence-corrected chi connectivity index (χ3v) is 5.80. The summed E-state index contributed by atoms with van der Waals surface area (Å²) in [5.74, 6) is 0.254. The SMILES string of the molecule is C[C@@H](C(=O)NC(C)(C)C)N(Cc1cccc(Br)c1)C(=O)CSCc1ccc(F)cc1. The Hall–Kier alpha value is -1.86. The number of nitrogens with one attached hydrogen (secondary N) is 1. The van der Waals surface area contributed by atoms with E-state index in [1.165, 1.54) is 23.9 Å². The molecule has 0 bridgehead atoms. The number of halogens is 2. The van der Waals surface area contributed by atoms with Crippen molar-refractivity contribution >= 4 is 39.5 Å². The molecule has 0 radical (unpaired) electrons. The van der Waals surface area contributed by atoms with E-state index < -0.39 is 6.04 Å². The van der Waals surface area contributed by atoms with Crippen LogP contribution < -0.4 is 5.32 Å². The summed E-state index contributed by atoms with van der Waals surface area (Å²) in [5.41, 5.74) is 1.51. The lowest BCUT2D eigenvalue weighted by Crippen LogP contribution is -2.52. The van der Waals surface area contributed by atoms with Gasteiger partial charge < -0.3 is 10.2 Å². The average molecular weight is 495 g/mol. The Balaban J connectivity index is 2.09. The van der Waals surface area contributed by atoms with E-state index in [1.807, 2.05) is 45.0 Å². The van der Waals surface area contributed by atoms with Gasteiger partial charge in [0.1, 0.15) is 11.9 Å². The maximum Gasteiger partial charge on any atom is 0.242 e. The van der Waals surface area contributed by atoms with Crippen molar-refractivity contribution in [2.75, 3.05) is 5.75 Å². The first-order chi connectivity index (χ1) is 14.0. The first-order valence-electron chi connectivity index (χ1n) is 9.73. The smallest absolute Gasteiger partial charge is 0.242 e. The summed E-state index contributed by atoms with van der Waals surface area (Å²) in [6, 6.07) is 13.4. The fourth-order valence-corrected chi connectivity index (χ4v) is 4.13. The highest BCUT2D eigenvalue weighted by Gasteiger charge is 2.28. The van der Waals surface area contributed by atoms with E-state index in [9.17, 15) is 14.0 Å². The quantitative estimate of drug-likeness (QED) is 0.551. The van der Waals surface area contributed by atoms with Gasteiger partial charge in [-0.15, -0.1) is 11.8 Å². The largest absolute Gasteiger partial charge is 0.350 e. The molecular weight excluding hydrogens is 467 g/mol. The van der Waals surface area contributed by atoms with Crippen molar-refractivity contribution in [3.8, 4) is 0 Å². The van der Waals surface area contributed by atoms with Gasteiger partial charge in [-0.1, -0.05) is 40.2 Å². The Morgan fingerprint density at radius 3 is 2.40 bits per heavy atom. The molecule has 0 saturated carbocycles. The van der Waals surface area contributed by atoms with Gasteiger partial charge in [0.15, 0.2) is 0 Å². The van der Waals surface area contributed by atoms with Crippen molar-refractivity contribution in [2.24, 2.45) is 0 Å². The Morgan fingerprint density at radius 1 is 1.13 bits per heavy atom. The third kappa shape index (κ3) is 8.11. The molecule has 162 valence electrons. The van der Waals surface area contributed by atoms with Gasteiger partial charge in [-0.2, -0.15) is 0 Å². The fraction of sp³-hybridized carbons (Fsp3) is 0.391. The maximum absolute atomic E-state index is 13.1. The van der Waals surface area contributed by atoms with Gasteiger partial charge in [-0.05, 0) is 63.1 Å². The van der Waals surface area contributed by atoms with E-state index >= 15 is 0 Å². The molecule has 7 heteroatoms. The van der Waals surface area contributed by atoms with Crippen LogP contribution >= 0.6 is 27.7 Å². The van der Waals surface area contributed by atoms with Crippen LogP contribution in [-0.2, 0) is 21.9 Å². The molecule has 0 aliphatic carbocycles. The van der Waals surface area contributed by atoms with E-state index in [-0.39, 0.29) is 28.9 Å². The summed E-state index contributed by atoms with van der Waals surface area (Å²) in [6.45, 7) is 7.83. The van der Waals surface area contributed by atoms with E-state index in [0.717, 1.165) is 15.6 Å². The molecule has 0 saturated heterocycles. The lowest BCUT2D eigenvalue weighted by molar-refractivity contribution is -0.139. The van der Waals surface area contributed by atoms with E-state index in [2.05, 4.69) is 21.2 Å². The van der Waals surface area contributed by atoms with Crippen molar-refractivity contribution in [1.29, 1.82) is 0 Å². The first-order valence-corrected chi connectivity index (χ1v) is 11.7. The van der Waals surface area contributed by atoms with E-state index in [0.29, 0.717) is 12.3 Å². The topological polar surface area (TPSA) is 49.4 Å². The second-order valence-corrected chi connectivity index (χ2v) is 10.1. The number of nitrogens with zero attached hydrogens (tertiary/aromatic N) is 1. The Bertz CT molecular complexity index is 868. The van der Waals surface area contributed by atoms with Crippen molar-refractivity contribution in [3.63, 3.8) is 0 Å². The van der Waals surface area contributed by atoms with E-state index in [1.54, 1.807) is 24.0 Å². The Kier molecular flexibility index (Phi) is 8.92. The molecule has 1 N–H and O–H groups in total. The molecule has 2 amide bonds. The fourth-order valence-electron chi connectivity index (χ4n) is 2.81. The second kappa shape index (κ2) is 11.0. The number of benzene rings is 2. The van der Waals surface area contributed by atoms with Crippen LogP contribution in [0.15, 0.2) is 53.0 Å². The lowest BCUT2D eigenvalue weighted by Gasteiger charge is -2.31. The number of carbonyl (C=O) groups excluding carboxylic acids is 2. The van der Waals surface area contributed by atoms with Crippen LogP contribution in [-0.4, -0.2) is 34.0 Å². The van der Waals surface area contributed by atoms with Crippen LogP contribution in [0, 0.1) is 5.82 Å². The number of rotatable bonds is 8. The van der Waals surface area contributed by atoms with Gasteiger partial charge >= 0.3 is 0 Å². The molecule has 2 aromatic rings. The minimum absolute atomic E-state index is 0.112. The molecule has 0 spiro atoms. The monoisotopic (exact) mass is 494 g/mol. The Morgan fingerprint density at radius 2 is 1.80 bits per heavy atom. The molecule has 30 heavy (non-hydrogen) atoms. The van der Waals surface area contributed by atoms with Crippen LogP contribution in [0.25, 0.3) is 0 Å². The van der Waals surface area contributed by atoms with Gasteiger partial charge in [-0.25, -0.2) is 4.39 Å². The summed E-state index contributed by atoms with van der Waals surface area (Å²) >= 11 is 4.90. The molecule has 0 aliphatic heterocycles. The summed E-state index contributed by atoms with van der Waals surface area (Å²) in [4.78, 5) is 27.4. The molecule has 0 aliphatic rings. The maximum atomic E-state index is 13.1. The normalized spacial score (nSPS) is 12.3. The van der Waals surface area contributed by atoms with Gasteiger partial charge in [0.05, 0.1) is 5.75 Å². The zero-order valence-electron chi connectivity index (χ0n) is 17.7. The highest BCUT2D eigenvalue weighted by atomic mass is 79.9. The van der Waals surface area contributed by atoms with Crippen molar-refractivity contribution in [2.45, 2.75) is 51.6 Å². The summed E-state index contributed by atoms with van der Waals surface area (Å²) in [6.07, 6.45) is 0. The molecule has 0 fully saturated rings. The number of hydrogen-bond donors (Lipinski definition) is 1. The predicted octanol–water partition coefficient (Wildman–Crippen LogP) is 5.15. The zero-order chi connectivity index (χ0) is 22.3.